The molecule has 2 fully saturated rings. The molecule has 1 aliphatic heterocycles. The maximum absolute atomic E-state index is 10.9. The van der Waals surface area contributed by atoms with E-state index < -0.39 is 0 Å². The zero-order valence-corrected chi connectivity index (χ0v) is 7.01. The summed E-state index contributed by atoms with van der Waals surface area (Å²) in [5.41, 5.74) is 5.35. The Labute approximate surface area is 71.6 Å². The summed E-state index contributed by atoms with van der Waals surface area (Å²) in [6, 6.07) is 0. The van der Waals surface area contributed by atoms with Gasteiger partial charge in [-0.25, -0.2) is 5.43 Å². The van der Waals surface area contributed by atoms with Gasteiger partial charge in [-0.05, 0) is 18.8 Å². The summed E-state index contributed by atoms with van der Waals surface area (Å²) < 4.78 is 5.55. The van der Waals surface area contributed by atoms with Crippen molar-refractivity contribution in [1.29, 1.82) is 0 Å². The summed E-state index contributed by atoms with van der Waals surface area (Å²) in [6.07, 6.45) is 3.18. The SMILES string of the molecule is O=C1CC(OCC2CC2)CNN1. The molecule has 1 unspecified atom stereocenters. The monoisotopic (exact) mass is 170 g/mol. The largest absolute Gasteiger partial charge is 0.376 e. The Morgan fingerprint density at radius 2 is 2.33 bits per heavy atom. The number of nitrogens with one attached hydrogen (secondary N) is 2. The smallest absolute Gasteiger partial charge is 0.236 e. The van der Waals surface area contributed by atoms with Gasteiger partial charge in [-0.1, -0.05) is 0 Å². The first kappa shape index (κ1) is 8.01. The molecule has 1 heterocycles. The van der Waals surface area contributed by atoms with Gasteiger partial charge in [0, 0.05) is 13.2 Å². The molecule has 0 radical (unpaired) electrons. The summed E-state index contributed by atoms with van der Waals surface area (Å²) in [5.74, 6) is 0.803. The number of ether oxygens (including phenoxy) is 1. The van der Waals surface area contributed by atoms with Gasteiger partial charge < -0.3 is 4.74 Å². The number of carbonyl (C=O) groups is 1. The van der Waals surface area contributed by atoms with Crippen LogP contribution in [0.2, 0.25) is 0 Å². The molecule has 1 saturated carbocycles. The number of hydrogen-bond acceptors (Lipinski definition) is 3. The molecule has 68 valence electrons. The summed E-state index contributed by atoms with van der Waals surface area (Å²) in [5, 5.41) is 0. The van der Waals surface area contributed by atoms with Crippen LogP contribution in [0.1, 0.15) is 19.3 Å². The van der Waals surface area contributed by atoms with Crippen LogP contribution >= 0.6 is 0 Å². The Bertz CT molecular complexity index is 180. The van der Waals surface area contributed by atoms with Crippen molar-refractivity contribution in [3.8, 4) is 0 Å². The van der Waals surface area contributed by atoms with E-state index in [1.54, 1.807) is 0 Å². The second-order valence-electron chi connectivity index (χ2n) is 3.53. The molecule has 1 atom stereocenters. The highest BCUT2D eigenvalue weighted by Gasteiger charge is 2.25. The Morgan fingerprint density at radius 3 is 3.00 bits per heavy atom. The third kappa shape index (κ3) is 2.19. The Morgan fingerprint density at radius 1 is 1.50 bits per heavy atom. The van der Waals surface area contributed by atoms with E-state index in [1.165, 1.54) is 12.8 Å². The maximum atomic E-state index is 10.9. The van der Waals surface area contributed by atoms with Crippen LogP contribution in [0.15, 0.2) is 0 Å². The number of amides is 1. The third-order valence-corrected chi connectivity index (χ3v) is 2.24. The zero-order valence-electron chi connectivity index (χ0n) is 7.01. The molecule has 1 aliphatic carbocycles. The molecule has 0 aromatic heterocycles. The van der Waals surface area contributed by atoms with Gasteiger partial charge in [-0.3, -0.25) is 10.2 Å². The van der Waals surface area contributed by atoms with Gasteiger partial charge in [0.15, 0.2) is 0 Å². The van der Waals surface area contributed by atoms with Crippen LogP contribution < -0.4 is 10.9 Å². The van der Waals surface area contributed by atoms with Crippen LogP contribution in [0.4, 0.5) is 0 Å². The normalized spacial score (nSPS) is 30.0. The molecule has 0 aromatic rings. The van der Waals surface area contributed by atoms with Crippen LogP contribution in [0.5, 0.6) is 0 Å². The fraction of sp³-hybridized carbons (Fsp3) is 0.875. The van der Waals surface area contributed by atoms with Crippen LogP contribution in [0.25, 0.3) is 0 Å². The highest BCUT2D eigenvalue weighted by molar-refractivity contribution is 5.76. The van der Waals surface area contributed by atoms with Gasteiger partial charge in [-0.15, -0.1) is 0 Å². The van der Waals surface area contributed by atoms with E-state index in [2.05, 4.69) is 10.9 Å². The van der Waals surface area contributed by atoms with Crippen LogP contribution in [0.3, 0.4) is 0 Å². The first-order valence-electron chi connectivity index (χ1n) is 4.48. The van der Waals surface area contributed by atoms with E-state index in [9.17, 15) is 4.79 Å². The number of rotatable bonds is 3. The second-order valence-corrected chi connectivity index (χ2v) is 3.53. The molecule has 0 spiro atoms. The maximum Gasteiger partial charge on any atom is 0.236 e. The second kappa shape index (κ2) is 3.41. The lowest BCUT2D eigenvalue weighted by atomic mass is 10.2. The molecule has 1 amide bonds. The molecule has 4 heteroatoms. The Kier molecular flexibility index (Phi) is 2.28. The van der Waals surface area contributed by atoms with Crippen molar-refractivity contribution in [2.24, 2.45) is 5.92 Å². The third-order valence-electron chi connectivity index (χ3n) is 2.24. The Balaban J connectivity index is 1.67. The van der Waals surface area contributed by atoms with E-state index in [4.69, 9.17) is 4.74 Å². The average Bonchev–Trinajstić information content (AvgIpc) is 2.84. The van der Waals surface area contributed by atoms with Gasteiger partial charge >= 0.3 is 0 Å². The highest BCUT2D eigenvalue weighted by atomic mass is 16.5. The molecule has 1 saturated heterocycles. The van der Waals surface area contributed by atoms with Crippen molar-refractivity contribution in [2.75, 3.05) is 13.2 Å². The minimum atomic E-state index is 0.0297. The van der Waals surface area contributed by atoms with Crippen molar-refractivity contribution in [2.45, 2.75) is 25.4 Å². The Hall–Kier alpha value is -0.610. The topological polar surface area (TPSA) is 50.4 Å². The van der Waals surface area contributed by atoms with Crippen molar-refractivity contribution in [3.05, 3.63) is 0 Å². The first-order chi connectivity index (χ1) is 5.84. The summed E-state index contributed by atoms with van der Waals surface area (Å²) in [7, 11) is 0. The molecular weight excluding hydrogens is 156 g/mol. The molecule has 0 bridgehead atoms. The first-order valence-corrected chi connectivity index (χ1v) is 4.48. The standard InChI is InChI=1S/C8H14N2O2/c11-8-3-7(4-9-10-8)12-5-6-1-2-6/h6-7,9H,1-5H2,(H,10,11). The fourth-order valence-electron chi connectivity index (χ4n) is 1.27. The van der Waals surface area contributed by atoms with Crippen LogP contribution in [-0.2, 0) is 9.53 Å². The number of hydrazine groups is 1. The highest BCUT2D eigenvalue weighted by Crippen LogP contribution is 2.29. The van der Waals surface area contributed by atoms with Gasteiger partial charge in [0.1, 0.15) is 0 Å². The van der Waals surface area contributed by atoms with Gasteiger partial charge in [-0.2, -0.15) is 0 Å². The van der Waals surface area contributed by atoms with E-state index in [1.807, 2.05) is 0 Å². The quantitative estimate of drug-likeness (QED) is 0.617. The van der Waals surface area contributed by atoms with Gasteiger partial charge in [0.2, 0.25) is 5.91 Å². The molecular formula is C8H14N2O2. The molecule has 2 N–H and O–H groups in total. The lowest BCUT2D eigenvalue weighted by Crippen LogP contribution is -2.50. The molecule has 0 aromatic carbocycles. The van der Waals surface area contributed by atoms with Crippen molar-refractivity contribution < 1.29 is 9.53 Å². The molecule has 2 aliphatic rings. The van der Waals surface area contributed by atoms with Crippen molar-refractivity contribution in [3.63, 3.8) is 0 Å². The van der Waals surface area contributed by atoms with E-state index in [-0.39, 0.29) is 12.0 Å². The predicted octanol–water partition coefficient (Wildman–Crippen LogP) is -0.194. The van der Waals surface area contributed by atoms with Gasteiger partial charge in [0.05, 0.1) is 12.5 Å². The minimum Gasteiger partial charge on any atom is -0.376 e. The number of carbonyl (C=O) groups excluding carboxylic acids is 1. The number of hydrogen-bond donors (Lipinski definition) is 2. The van der Waals surface area contributed by atoms with Gasteiger partial charge in [0.25, 0.3) is 0 Å². The lowest BCUT2D eigenvalue weighted by Gasteiger charge is -2.23. The summed E-state index contributed by atoms with van der Waals surface area (Å²) in [4.78, 5) is 10.9. The summed E-state index contributed by atoms with van der Waals surface area (Å²) >= 11 is 0. The van der Waals surface area contributed by atoms with E-state index >= 15 is 0 Å². The predicted molar refractivity (Wildman–Crippen MR) is 43.2 cm³/mol. The van der Waals surface area contributed by atoms with E-state index in [0.717, 1.165) is 19.1 Å². The fourth-order valence-corrected chi connectivity index (χ4v) is 1.27. The summed E-state index contributed by atoms with van der Waals surface area (Å²) in [6.45, 7) is 1.57. The molecule has 2 rings (SSSR count). The van der Waals surface area contributed by atoms with Crippen molar-refractivity contribution in [1.82, 2.24) is 10.9 Å². The average molecular weight is 170 g/mol. The molecule has 4 nitrogen and oxygen atoms in total. The van der Waals surface area contributed by atoms with Crippen LogP contribution in [0, 0.1) is 5.92 Å². The molecule has 12 heavy (non-hydrogen) atoms. The van der Waals surface area contributed by atoms with Crippen LogP contribution in [-0.4, -0.2) is 25.2 Å². The lowest BCUT2D eigenvalue weighted by molar-refractivity contribution is -0.128. The minimum absolute atomic E-state index is 0.0297. The zero-order chi connectivity index (χ0) is 8.39. The van der Waals surface area contributed by atoms with Crippen molar-refractivity contribution >= 4 is 5.91 Å². The van der Waals surface area contributed by atoms with E-state index in [0.29, 0.717) is 6.42 Å².